The van der Waals surface area contributed by atoms with Gasteiger partial charge < -0.3 is 5.32 Å². The summed E-state index contributed by atoms with van der Waals surface area (Å²) in [5.74, 6) is 2.63. The maximum Gasteiger partial charge on any atom is 0.121 e. The lowest BCUT2D eigenvalue weighted by molar-refractivity contribution is 0.530. The zero-order valence-corrected chi connectivity index (χ0v) is 12.2. The van der Waals surface area contributed by atoms with E-state index in [0.29, 0.717) is 6.04 Å². The summed E-state index contributed by atoms with van der Waals surface area (Å²) in [4.78, 5) is 0. The molecule has 0 saturated heterocycles. The van der Waals surface area contributed by atoms with Crippen molar-refractivity contribution in [3.63, 3.8) is 0 Å². The molecule has 0 unspecified atom stereocenters. The molecule has 3 rings (SSSR count). The smallest absolute Gasteiger partial charge is 0.121 e. The summed E-state index contributed by atoms with van der Waals surface area (Å²) < 4.78 is 0. The Kier molecular flexibility index (Phi) is 3.66. The number of rotatable bonds is 7. The summed E-state index contributed by atoms with van der Waals surface area (Å²) in [6.45, 7) is 5.38. The fraction of sp³-hybridized carbons (Fsp3) is 0.857. The molecule has 1 aromatic rings. The minimum absolute atomic E-state index is 0.558. The largest absolute Gasteiger partial charge is 0.314 e. The fourth-order valence-electron chi connectivity index (χ4n) is 2.67. The number of hydrogen-bond acceptors (Lipinski definition) is 4. The molecular formula is C14H23N3S. The molecule has 18 heavy (non-hydrogen) atoms. The molecule has 100 valence electrons. The molecule has 2 aliphatic rings. The topological polar surface area (TPSA) is 37.8 Å². The summed E-state index contributed by atoms with van der Waals surface area (Å²) >= 11 is 1.87. The Hall–Kier alpha value is -0.480. The van der Waals surface area contributed by atoms with Crippen LogP contribution in [0.25, 0.3) is 0 Å². The summed E-state index contributed by atoms with van der Waals surface area (Å²) in [7, 11) is 0. The van der Waals surface area contributed by atoms with Gasteiger partial charge in [0.15, 0.2) is 0 Å². The molecule has 0 aliphatic heterocycles. The van der Waals surface area contributed by atoms with Crippen LogP contribution in [0.3, 0.4) is 0 Å². The van der Waals surface area contributed by atoms with Gasteiger partial charge in [0.1, 0.15) is 10.0 Å². The van der Waals surface area contributed by atoms with E-state index in [1.807, 2.05) is 11.3 Å². The van der Waals surface area contributed by atoms with Crippen molar-refractivity contribution in [2.24, 2.45) is 11.8 Å². The van der Waals surface area contributed by atoms with Crippen LogP contribution in [-0.2, 0) is 6.42 Å². The number of nitrogens with zero attached hydrogens (tertiary/aromatic N) is 2. The quantitative estimate of drug-likeness (QED) is 0.823. The molecule has 0 bridgehead atoms. The Morgan fingerprint density at radius 1 is 1.17 bits per heavy atom. The Morgan fingerprint density at radius 3 is 2.39 bits per heavy atom. The zero-order chi connectivity index (χ0) is 12.5. The lowest BCUT2D eigenvalue weighted by Crippen LogP contribution is -2.24. The highest BCUT2D eigenvalue weighted by Crippen LogP contribution is 2.54. The molecule has 2 fully saturated rings. The molecular weight excluding hydrogens is 242 g/mol. The highest BCUT2D eigenvalue weighted by atomic mass is 32.1. The van der Waals surface area contributed by atoms with Crippen molar-refractivity contribution in [2.75, 3.05) is 6.54 Å². The van der Waals surface area contributed by atoms with Gasteiger partial charge in [0.2, 0.25) is 0 Å². The Labute approximate surface area is 113 Å². The van der Waals surface area contributed by atoms with Crippen LogP contribution in [0, 0.1) is 11.8 Å². The van der Waals surface area contributed by atoms with E-state index >= 15 is 0 Å². The van der Waals surface area contributed by atoms with Crippen molar-refractivity contribution in [1.82, 2.24) is 15.5 Å². The summed E-state index contributed by atoms with van der Waals surface area (Å²) in [6.07, 6.45) is 6.71. The molecule has 1 N–H and O–H groups in total. The monoisotopic (exact) mass is 265 g/mol. The van der Waals surface area contributed by atoms with Gasteiger partial charge >= 0.3 is 0 Å². The average Bonchev–Trinajstić information content (AvgIpc) is 3.21. The second kappa shape index (κ2) is 5.25. The van der Waals surface area contributed by atoms with Crippen LogP contribution in [0.5, 0.6) is 0 Å². The van der Waals surface area contributed by atoms with Gasteiger partial charge in [-0.25, -0.2) is 0 Å². The molecule has 2 saturated carbocycles. The number of aromatic nitrogens is 2. The second-order valence-corrected chi connectivity index (χ2v) is 7.19. The molecule has 0 amide bonds. The van der Waals surface area contributed by atoms with E-state index < -0.39 is 0 Å². The molecule has 0 aromatic carbocycles. The van der Waals surface area contributed by atoms with E-state index in [-0.39, 0.29) is 0 Å². The van der Waals surface area contributed by atoms with Crippen LogP contribution in [0.4, 0.5) is 0 Å². The van der Waals surface area contributed by atoms with Crippen molar-refractivity contribution in [3.8, 4) is 0 Å². The van der Waals surface area contributed by atoms with E-state index in [1.54, 1.807) is 0 Å². The third kappa shape index (κ3) is 3.09. The molecule has 0 atom stereocenters. The van der Waals surface area contributed by atoms with Crippen LogP contribution >= 0.6 is 11.3 Å². The van der Waals surface area contributed by atoms with Crippen molar-refractivity contribution in [1.29, 1.82) is 0 Å². The summed E-state index contributed by atoms with van der Waals surface area (Å²) in [6, 6.07) is 0.558. The lowest BCUT2D eigenvalue weighted by Gasteiger charge is -2.10. The standard InChI is InChI=1S/C14H23N3S/c1-9(2)15-8-7-12-16-17-14(18-12)13(10-3-4-10)11-5-6-11/h9-11,13,15H,3-8H2,1-2H3. The van der Waals surface area contributed by atoms with Crippen molar-refractivity contribution >= 4 is 11.3 Å². The van der Waals surface area contributed by atoms with E-state index in [2.05, 4.69) is 29.4 Å². The van der Waals surface area contributed by atoms with Crippen LogP contribution in [-0.4, -0.2) is 22.8 Å². The van der Waals surface area contributed by atoms with Gasteiger partial charge in [-0.15, -0.1) is 21.5 Å². The first-order valence-corrected chi connectivity index (χ1v) is 8.11. The minimum Gasteiger partial charge on any atom is -0.314 e. The number of nitrogens with one attached hydrogen (secondary N) is 1. The summed E-state index contributed by atoms with van der Waals surface area (Å²) in [5.41, 5.74) is 0. The van der Waals surface area contributed by atoms with Gasteiger partial charge in [-0.05, 0) is 37.5 Å². The predicted molar refractivity (Wildman–Crippen MR) is 74.9 cm³/mol. The van der Waals surface area contributed by atoms with Crippen molar-refractivity contribution in [3.05, 3.63) is 10.0 Å². The highest BCUT2D eigenvalue weighted by Gasteiger charge is 2.44. The fourth-order valence-corrected chi connectivity index (χ4v) is 3.80. The first kappa shape index (κ1) is 12.5. The van der Waals surface area contributed by atoms with Gasteiger partial charge in [0.05, 0.1) is 0 Å². The zero-order valence-electron chi connectivity index (χ0n) is 11.4. The molecule has 0 radical (unpaired) electrons. The minimum atomic E-state index is 0.558. The first-order valence-electron chi connectivity index (χ1n) is 7.29. The van der Waals surface area contributed by atoms with Gasteiger partial charge in [-0.1, -0.05) is 13.8 Å². The molecule has 1 aromatic heterocycles. The summed E-state index contributed by atoms with van der Waals surface area (Å²) in [5, 5.41) is 14.8. The third-order valence-electron chi connectivity index (χ3n) is 3.92. The Morgan fingerprint density at radius 2 is 1.83 bits per heavy atom. The van der Waals surface area contributed by atoms with Crippen LogP contribution in [0.2, 0.25) is 0 Å². The average molecular weight is 265 g/mol. The molecule has 2 aliphatic carbocycles. The SMILES string of the molecule is CC(C)NCCc1nnc(C(C2CC2)C2CC2)s1. The van der Waals surface area contributed by atoms with E-state index in [0.717, 1.165) is 30.7 Å². The van der Waals surface area contributed by atoms with E-state index in [1.165, 1.54) is 35.7 Å². The lowest BCUT2D eigenvalue weighted by atomic mass is 9.99. The molecule has 1 heterocycles. The second-order valence-electron chi connectivity index (χ2n) is 6.09. The van der Waals surface area contributed by atoms with Crippen LogP contribution < -0.4 is 5.32 Å². The third-order valence-corrected chi connectivity index (χ3v) is 5.00. The van der Waals surface area contributed by atoms with E-state index in [4.69, 9.17) is 0 Å². The first-order chi connectivity index (χ1) is 8.74. The maximum absolute atomic E-state index is 4.48. The normalized spacial score (nSPS) is 20.0. The van der Waals surface area contributed by atoms with Gasteiger partial charge in [-0.2, -0.15) is 0 Å². The highest BCUT2D eigenvalue weighted by molar-refractivity contribution is 7.11. The Balaban J connectivity index is 1.58. The van der Waals surface area contributed by atoms with Crippen LogP contribution in [0.15, 0.2) is 0 Å². The molecule has 3 nitrogen and oxygen atoms in total. The Bertz CT molecular complexity index is 381. The maximum atomic E-state index is 4.48. The predicted octanol–water partition coefficient (Wildman–Crippen LogP) is 2.98. The van der Waals surface area contributed by atoms with Crippen molar-refractivity contribution < 1.29 is 0 Å². The van der Waals surface area contributed by atoms with Gasteiger partial charge in [0, 0.05) is 24.9 Å². The van der Waals surface area contributed by atoms with Crippen molar-refractivity contribution in [2.45, 2.75) is 57.9 Å². The number of hydrogen-bond donors (Lipinski definition) is 1. The van der Waals surface area contributed by atoms with Gasteiger partial charge in [-0.3, -0.25) is 0 Å². The van der Waals surface area contributed by atoms with E-state index in [9.17, 15) is 0 Å². The molecule has 0 spiro atoms. The van der Waals surface area contributed by atoms with Crippen LogP contribution in [0.1, 0.15) is 55.5 Å². The van der Waals surface area contributed by atoms with Gasteiger partial charge in [0.25, 0.3) is 0 Å². The molecule has 4 heteroatoms.